The van der Waals surface area contributed by atoms with Crippen molar-refractivity contribution in [2.24, 2.45) is 0 Å². The lowest BCUT2D eigenvalue weighted by atomic mass is 10.1. The first kappa shape index (κ1) is 23.0. The van der Waals surface area contributed by atoms with Crippen LogP contribution < -0.4 is 5.32 Å². The number of rotatable bonds is 9. The van der Waals surface area contributed by atoms with Crippen LogP contribution in [0.4, 0.5) is 4.79 Å². The average molecular weight is 440 g/mol. The number of hydrogen-bond donors (Lipinski definition) is 2. The minimum absolute atomic E-state index is 0.0886. The van der Waals surface area contributed by atoms with E-state index in [1.807, 2.05) is 0 Å². The molecular weight excluding hydrogens is 417 g/mol. The van der Waals surface area contributed by atoms with Crippen LogP contribution in [0.15, 0.2) is 42.5 Å². The Balaban J connectivity index is 1.81. The molecule has 8 heteroatoms. The molecule has 2 N–H and O–H groups in total. The molecule has 0 radical (unpaired) electrons. The highest BCUT2D eigenvalue weighted by molar-refractivity contribution is 6.35. The molecule has 2 aromatic carbocycles. The molecule has 1 amide bonds. The maximum absolute atomic E-state index is 11.9. The smallest absolute Gasteiger partial charge is 0.407 e. The standard InChI is InChI=1S/C21H23Cl2NO5/c1-13(2)29-19(20(25)26)9-14-3-5-15(6-4-14)12-28-21(27)24-11-16-7-8-17(22)10-18(16)23/h3-8,10,13,19H,9,11-12H2,1-2H3,(H,24,27)(H,25,26). The summed E-state index contributed by atoms with van der Waals surface area (Å²) < 4.78 is 10.6. The summed E-state index contributed by atoms with van der Waals surface area (Å²) in [5, 5.41) is 12.9. The maximum Gasteiger partial charge on any atom is 0.407 e. The highest BCUT2D eigenvalue weighted by atomic mass is 35.5. The van der Waals surface area contributed by atoms with Crippen molar-refractivity contribution < 1.29 is 24.2 Å². The van der Waals surface area contributed by atoms with Crippen LogP contribution in [-0.4, -0.2) is 29.4 Å². The molecule has 0 aliphatic rings. The Labute approximate surface area is 179 Å². The van der Waals surface area contributed by atoms with Gasteiger partial charge in [-0.3, -0.25) is 0 Å². The van der Waals surface area contributed by atoms with E-state index < -0.39 is 18.2 Å². The summed E-state index contributed by atoms with van der Waals surface area (Å²) in [6.45, 7) is 3.90. The third-order valence-electron chi connectivity index (χ3n) is 3.96. The lowest BCUT2D eigenvalue weighted by Gasteiger charge is -2.16. The van der Waals surface area contributed by atoms with E-state index in [0.717, 1.165) is 16.7 Å². The van der Waals surface area contributed by atoms with E-state index in [-0.39, 0.29) is 25.7 Å². The van der Waals surface area contributed by atoms with Crippen molar-refractivity contribution in [3.05, 3.63) is 69.2 Å². The molecule has 156 valence electrons. The number of carboxylic acid groups (broad SMARTS) is 1. The Morgan fingerprint density at radius 1 is 1.07 bits per heavy atom. The van der Waals surface area contributed by atoms with Crippen molar-refractivity contribution in [2.45, 2.75) is 45.6 Å². The first-order valence-electron chi connectivity index (χ1n) is 9.05. The zero-order valence-electron chi connectivity index (χ0n) is 16.2. The Morgan fingerprint density at radius 2 is 1.72 bits per heavy atom. The fraction of sp³-hybridized carbons (Fsp3) is 0.333. The minimum atomic E-state index is -0.997. The number of carbonyl (C=O) groups is 2. The van der Waals surface area contributed by atoms with Gasteiger partial charge in [0.2, 0.25) is 0 Å². The summed E-state index contributed by atoms with van der Waals surface area (Å²) >= 11 is 11.9. The lowest BCUT2D eigenvalue weighted by molar-refractivity contribution is -0.153. The average Bonchev–Trinajstić information content (AvgIpc) is 2.65. The van der Waals surface area contributed by atoms with Crippen LogP contribution in [0.1, 0.15) is 30.5 Å². The van der Waals surface area contributed by atoms with E-state index in [2.05, 4.69) is 5.32 Å². The number of benzene rings is 2. The molecule has 0 fully saturated rings. The predicted octanol–water partition coefficient (Wildman–Crippen LogP) is 4.84. The Morgan fingerprint density at radius 3 is 2.31 bits per heavy atom. The molecule has 0 bridgehead atoms. The van der Waals surface area contributed by atoms with Crippen molar-refractivity contribution >= 4 is 35.3 Å². The van der Waals surface area contributed by atoms with Gasteiger partial charge in [-0.05, 0) is 42.7 Å². The molecular formula is C21H23Cl2NO5. The fourth-order valence-electron chi connectivity index (χ4n) is 2.54. The monoisotopic (exact) mass is 439 g/mol. The van der Waals surface area contributed by atoms with Gasteiger partial charge in [0.05, 0.1) is 6.10 Å². The second kappa shape index (κ2) is 11.0. The quantitative estimate of drug-likeness (QED) is 0.583. The molecule has 0 saturated heterocycles. The van der Waals surface area contributed by atoms with E-state index in [4.69, 9.17) is 32.7 Å². The number of halogens is 2. The molecule has 29 heavy (non-hydrogen) atoms. The van der Waals surface area contributed by atoms with Crippen LogP contribution in [0.25, 0.3) is 0 Å². The van der Waals surface area contributed by atoms with E-state index in [1.165, 1.54) is 0 Å². The summed E-state index contributed by atoms with van der Waals surface area (Å²) in [7, 11) is 0. The number of alkyl carbamates (subject to hydrolysis) is 1. The Hall–Kier alpha value is -2.28. The van der Waals surface area contributed by atoms with Crippen molar-refractivity contribution in [3.63, 3.8) is 0 Å². The molecule has 2 aromatic rings. The predicted molar refractivity (Wildman–Crippen MR) is 111 cm³/mol. The topological polar surface area (TPSA) is 84.9 Å². The van der Waals surface area contributed by atoms with E-state index in [0.29, 0.717) is 10.0 Å². The molecule has 0 heterocycles. The van der Waals surface area contributed by atoms with Gasteiger partial charge in [0.15, 0.2) is 6.10 Å². The molecule has 1 atom stereocenters. The fourth-order valence-corrected chi connectivity index (χ4v) is 3.02. The van der Waals surface area contributed by atoms with Crippen LogP contribution in [0.5, 0.6) is 0 Å². The van der Waals surface area contributed by atoms with Crippen molar-refractivity contribution in [1.82, 2.24) is 5.32 Å². The lowest BCUT2D eigenvalue weighted by Crippen LogP contribution is -2.29. The van der Waals surface area contributed by atoms with Crippen LogP contribution in [0.2, 0.25) is 10.0 Å². The zero-order chi connectivity index (χ0) is 21.4. The van der Waals surface area contributed by atoms with Gasteiger partial charge >= 0.3 is 12.1 Å². The summed E-state index contributed by atoms with van der Waals surface area (Å²) in [6, 6.07) is 12.2. The number of amides is 1. The SMILES string of the molecule is CC(C)OC(Cc1ccc(COC(=O)NCc2ccc(Cl)cc2Cl)cc1)C(=O)O. The van der Waals surface area contributed by atoms with Gasteiger partial charge in [-0.1, -0.05) is 53.5 Å². The molecule has 0 saturated carbocycles. The molecule has 1 unspecified atom stereocenters. The summed E-state index contributed by atoms with van der Waals surface area (Å²) in [5.41, 5.74) is 2.34. The molecule has 0 spiro atoms. The number of aliphatic carboxylic acids is 1. The van der Waals surface area contributed by atoms with Gasteiger partial charge in [-0.2, -0.15) is 0 Å². The first-order chi connectivity index (χ1) is 13.7. The molecule has 2 rings (SSSR count). The van der Waals surface area contributed by atoms with Crippen molar-refractivity contribution in [2.75, 3.05) is 0 Å². The summed E-state index contributed by atoms with van der Waals surface area (Å²) in [6.07, 6.45) is -1.39. The van der Waals surface area contributed by atoms with E-state index >= 15 is 0 Å². The number of carboxylic acids is 1. The summed E-state index contributed by atoms with van der Waals surface area (Å²) in [4.78, 5) is 23.2. The van der Waals surface area contributed by atoms with Gasteiger partial charge in [0.25, 0.3) is 0 Å². The van der Waals surface area contributed by atoms with Crippen LogP contribution in [0.3, 0.4) is 0 Å². The molecule has 0 aromatic heterocycles. The normalized spacial score (nSPS) is 11.9. The first-order valence-corrected chi connectivity index (χ1v) is 9.81. The third kappa shape index (κ3) is 7.93. The van der Waals surface area contributed by atoms with Gasteiger partial charge in [0, 0.05) is 23.0 Å². The number of carbonyl (C=O) groups excluding carboxylic acids is 1. The maximum atomic E-state index is 11.9. The highest BCUT2D eigenvalue weighted by Gasteiger charge is 2.20. The van der Waals surface area contributed by atoms with Crippen LogP contribution in [0, 0.1) is 0 Å². The Kier molecular flexibility index (Phi) is 8.76. The van der Waals surface area contributed by atoms with Gasteiger partial charge in [-0.25, -0.2) is 9.59 Å². The summed E-state index contributed by atoms with van der Waals surface area (Å²) in [5.74, 6) is -0.997. The molecule has 0 aliphatic carbocycles. The molecule has 0 aliphatic heterocycles. The largest absolute Gasteiger partial charge is 0.479 e. The van der Waals surface area contributed by atoms with Gasteiger partial charge < -0.3 is 19.9 Å². The second-order valence-corrected chi connectivity index (χ2v) is 7.54. The van der Waals surface area contributed by atoms with Crippen molar-refractivity contribution in [3.8, 4) is 0 Å². The number of hydrogen-bond acceptors (Lipinski definition) is 4. The number of ether oxygens (including phenoxy) is 2. The Bertz CT molecular complexity index is 839. The minimum Gasteiger partial charge on any atom is -0.479 e. The number of nitrogens with one attached hydrogen (secondary N) is 1. The highest BCUT2D eigenvalue weighted by Crippen LogP contribution is 2.20. The second-order valence-electron chi connectivity index (χ2n) is 6.70. The zero-order valence-corrected chi connectivity index (χ0v) is 17.7. The van der Waals surface area contributed by atoms with E-state index in [1.54, 1.807) is 56.3 Å². The van der Waals surface area contributed by atoms with E-state index in [9.17, 15) is 14.7 Å². The van der Waals surface area contributed by atoms with Crippen LogP contribution >= 0.6 is 23.2 Å². The van der Waals surface area contributed by atoms with Crippen molar-refractivity contribution in [1.29, 1.82) is 0 Å². The van der Waals surface area contributed by atoms with Gasteiger partial charge in [-0.15, -0.1) is 0 Å². The van der Waals surface area contributed by atoms with Gasteiger partial charge in [0.1, 0.15) is 6.61 Å². The molecule has 6 nitrogen and oxygen atoms in total. The van der Waals surface area contributed by atoms with Crippen LogP contribution in [-0.2, 0) is 33.8 Å². The third-order valence-corrected chi connectivity index (χ3v) is 4.55.